The summed E-state index contributed by atoms with van der Waals surface area (Å²) in [6, 6.07) is -0.0304. The zero-order valence-electron chi connectivity index (χ0n) is 12.3. The highest BCUT2D eigenvalue weighted by Gasteiger charge is 2.34. The highest BCUT2D eigenvalue weighted by Crippen LogP contribution is 2.31. The van der Waals surface area contributed by atoms with Gasteiger partial charge in [-0.3, -0.25) is 4.79 Å². The van der Waals surface area contributed by atoms with E-state index in [9.17, 15) is 44.7 Å². The summed E-state index contributed by atoms with van der Waals surface area (Å²) in [5.74, 6) is -6.89. The SMILES string of the molecule is CN(Cc1c(F)cc(C(F)(F)F)cc1F)C(=O)C(=O)OCC(F)(F)F. The Labute approximate surface area is 135 Å². The lowest BCUT2D eigenvalue weighted by Crippen LogP contribution is -2.36. The number of hydrogen-bond acceptors (Lipinski definition) is 3. The lowest BCUT2D eigenvalue weighted by atomic mass is 10.1. The largest absolute Gasteiger partial charge is 0.449 e. The van der Waals surface area contributed by atoms with Crippen LogP contribution in [0.4, 0.5) is 35.1 Å². The summed E-state index contributed by atoms with van der Waals surface area (Å²) in [5, 5.41) is 0. The van der Waals surface area contributed by atoms with Gasteiger partial charge in [0, 0.05) is 12.6 Å². The molecule has 1 rings (SSSR count). The second kappa shape index (κ2) is 7.23. The number of carbonyl (C=O) groups excluding carboxylic acids is 2. The van der Waals surface area contributed by atoms with Crippen LogP contribution in [0.1, 0.15) is 11.1 Å². The van der Waals surface area contributed by atoms with E-state index in [1.54, 1.807) is 0 Å². The predicted octanol–water partition coefficient (Wildman–Crippen LogP) is 3.05. The van der Waals surface area contributed by atoms with Gasteiger partial charge in [-0.2, -0.15) is 26.3 Å². The molecule has 1 amide bonds. The molecule has 0 bridgehead atoms. The van der Waals surface area contributed by atoms with Gasteiger partial charge in [0.05, 0.1) is 12.1 Å². The molecule has 4 nitrogen and oxygen atoms in total. The maximum absolute atomic E-state index is 13.6. The molecule has 12 heteroatoms. The maximum Gasteiger partial charge on any atom is 0.422 e. The number of halogens is 8. The van der Waals surface area contributed by atoms with Crippen LogP contribution in [0.15, 0.2) is 12.1 Å². The molecule has 0 fully saturated rings. The molecule has 0 N–H and O–H groups in total. The van der Waals surface area contributed by atoms with Gasteiger partial charge in [0.15, 0.2) is 6.61 Å². The monoisotopic (exact) mass is 379 g/mol. The summed E-state index contributed by atoms with van der Waals surface area (Å²) in [4.78, 5) is 22.9. The number of ether oxygens (including phenoxy) is 1. The molecule has 0 aliphatic carbocycles. The van der Waals surface area contributed by atoms with Crippen LogP contribution in [0.2, 0.25) is 0 Å². The van der Waals surface area contributed by atoms with Crippen LogP contribution in [0.5, 0.6) is 0 Å². The van der Waals surface area contributed by atoms with Gasteiger partial charge in [0.25, 0.3) is 0 Å². The number of nitrogens with zero attached hydrogens (tertiary/aromatic N) is 1. The van der Waals surface area contributed by atoms with E-state index in [1.165, 1.54) is 0 Å². The molecular formula is C13H9F8NO3. The summed E-state index contributed by atoms with van der Waals surface area (Å²) in [6.07, 6.45) is -9.90. The molecule has 0 unspecified atom stereocenters. The first kappa shape index (κ1) is 20.6. The van der Waals surface area contributed by atoms with E-state index in [2.05, 4.69) is 4.74 Å². The number of alkyl halides is 6. The minimum Gasteiger partial charge on any atom is -0.449 e. The van der Waals surface area contributed by atoms with Crippen molar-refractivity contribution in [2.24, 2.45) is 0 Å². The molecule has 0 aliphatic rings. The quantitative estimate of drug-likeness (QED) is 0.461. The fraction of sp³-hybridized carbons (Fsp3) is 0.385. The third-order valence-corrected chi connectivity index (χ3v) is 2.75. The van der Waals surface area contributed by atoms with Crippen molar-refractivity contribution in [3.05, 3.63) is 34.9 Å². The molecule has 0 aliphatic heterocycles. The summed E-state index contributed by atoms with van der Waals surface area (Å²) in [6.45, 7) is -3.05. The Morgan fingerprint density at radius 3 is 1.92 bits per heavy atom. The van der Waals surface area contributed by atoms with E-state index >= 15 is 0 Å². The Morgan fingerprint density at radius 2 is 1.52 bits per heavy atom. The molecule has 0 radical (unpaired) electrons. The molecule has 0 aromatic heterocycles. The smallest absolute Gasteiger partial charge is 0.422 e. The number of esters is 1. The molecule has 0 saturated carbocycles. The molecule has 0 atom stereocenters. The molecule has 0 spiro atoms. The van der Waals surface area contributed by atoms with Gasteiger partial charge in [0.1, 0.15) is 11.6 Å². The summed E-state index contributed by atoms with van der Waals surface area (Å²) in [5.41, 5.74) is -2.59. The van der Waals surface area contributed by atoms with E-state index < -0.39 is 60.1 Å². The first-order valence-electron chi connectivity index (χ1n) is 6.26. The van der Waals surface area contributed by atoms with E-state index in [-0.39, 0.29) is 12.1 Å². The minimum atomic E-state index is -5.01. The molecule has 1 aromatic rings. The minimum absolute atomic E-state index is 0.0152. The lowest BCUT2D eigenvalue weighted by Gasteiger charge is -2.18. The second-order valence-electron chi connectivity index (χ2n) is 4.77. The van der Waals surface area contributed by atoms with Crippen LogP contribution in [0, 0.1) is 11.6 Å². The number of likely N-dealkylation sites (N-methyl/N-ethyl adjacent to an activating group) is 1. The van der Waals surface area contributed by atoms with Crippen LogP contribution >= 0.6 is 0 Å². The Morgan fingerprint density at radius 1 is 1.04 bits per heavy atom. The molecule has 0 saturated heterocycles. The van der Waals surface area contributed by atoms with E-state index in [0.717, 1.165) is 7.05 Å². The van der Waals surface area contributed by atoms with Crippen molar-refractivity contribution in [3.63, 3.8) is 0 Å². The highest BCUT2D eigenvalue weighted by molar-refractivity contribution is 6.32. The average molecular weight is 379 g/mol. The van der Waals surface area contributed by atoms with Gasteiger partial charge in [-0.25, -0.2) is 13.6 Å². The summed E-state index contributed by atoms with van der Waals surface area (Å²) in [7, 11) is 0.799. The van der Waals surface area contributed by atoms with Gasteiger partial charge in [0.2, 0.25) is 0 Å². The van der Waals surface area contributed by atoms with Crippen molar-refractivity contribution in [2.75, 3.05) is 13.7 Å². The zero-order valence-corrected chi connectivity index (χ0v) is 12.3. The van der Waals surface area contributed by atoms with Crippen molar-refractivity contribution in [3.8, 4) is 0 Å². The summed E-state index contributed by atoms with van der Waals surface area (Å²) < 4.78 is 104. The molecule has 25 heavy (non-hydrogen) atoms. The van der Waals surface area contributed by atoms with Crippen molar-refractivity contribution in [2.45, 2.75) is 18.9 Å². The first-order chi connectivity index (χ1) is 11.2. The van der Waals surface area contributed by atoms with Gasteiger partial charge < -0.3 is 9.64 Å². The van der Waals surface area contributed by atoms with Gasteiger partial charge in [-0.15, -0.1) is 0 Å². The summed E-state index contributed by atoms with van der Waals surface area (Å²) >= 11 is 0. The van der Waals surface area contributed by atoms with Gasteiger partial charge >= 0.3 is 24.2 Å². The van der Waals surface area contributed by atoms with Crippen molar-refractivity contribution in [1.82, 2.24) is 4.90 Å². The Hall–Kier alpha value is -2.40. The normalized spacial score (nSPS) is 12.0. The van der Waals surface area contributed by atoms with Crippen molar-refractivity contribution >= 4 is 11.9 Å². The average Bonchev–Trinajstić information content (AvgIpc) is 2.45. The molecule has 1 aromatic carbocycles. The third-order valence-electron chi connectivity index (χ3n) is 2.75. The Bertz CT molecular complexity index is 645. The van der Waals surface area contributed by atoms with Crippen LogP contribution in [0.3, 0.4) is 0 Å². The number of rotatable bonds is 3. The van der Waals surface area contributed by atoms with Crippen LogP contribution in [-0.2, 0) is 27.0 Å². The van der Waals surface area contributed by atoms with E-state index in [4.69, 9.17) is 0 Å². The molecule has 140 valence electrons. The van der Waals surface area contributed by atoms with Crippen molar-refractivity contribution < 1.29 is 49.4 Å². The zero-order chi connectivity index (χ0) is 19.6. The van der Waals surface area contributed by atoms with E-state index in [0.29, 0.717) is 4.90 Å². The number of hydrogen-bond donors (Lipinski definition) is 0. The highest BCUT2D eigenvalue weighted by atomic mass is 19.4. The Balaban J connectivity index is 2.88. The predicted molar refractivity (Wildman–Crippen MR) is 64.8 cm³/mol. The first-order valence-corrected chi connectivity index (χ1v) is 6.26. The van der Waals surface area contributed by atoms with Crippen LogP contribution in [0.25, 0.3) is 0 Å². The van der Waals surface area contributed by atoms with E-state index in [1.807, 2.05) is 0 Å². The van der Waals surface area contributed by atoms with Gasteiger partial charge in [-0.1, -0.05) is 0 Å². The molecular weight excluding hydrogens is 370 g/mol. The topological polar surface area (TPSA) is 46.6 Å². The number of carbonyl (C=O) groups is 2. The number of benzene rings is 1. The third kappa shape index (κ3) is 5.87. The fourth-order valence-electron chi connectivity index (χ4n) is 1.59. The van der Waals surface area contributed by atoms with Crippen LogP contribution in [-0.4, -0.2) is 36.6 Å². The fourth-order valence-corrected chi connectivity index (χ4v) is 1.59. The number of amides is 1. The van der Waals surface area contributed by atoms with Gasteiger partial charge in [-0.05, 0) is 12.1 Å². The second-order valence-corrected chi connectivity index (χ2v) is 4.77. The van der Waals surface area contributed by atoms with Crippen LogP contribution < -0.4 is 0 Å². The standard InChI is InChI=1S/C13H9F8NO3/c1-22(10(23)11(24)25-5-12(16,17)18)4-7-8(14)2-6(3-9(7)15)13(19,20)21/h2-3H,4-5H2,1H3. The Kier molecular flexibility index (Phi) is 5.97. The molecule has 0 heterocycles. The van der Waals surface area contributed by atoms with Crippen molar-refractivity contribution in [1.29, 1.82) is 0 Å². The lowest BCUT2D eigenvalue weighted by molar-refractivity contribution is -0.189. The maximum atomic E-state index is 13.6.